The van der Waals surface area contributed by atoms with Gasteiger partial charge in [0.25, 0.3) is 0 Å². The molecule has 0 spiro atoms. The fourth-order valence-electron chi connectivity index (χ4n) is 2.48. The van der Waals surface area contributed by atoms with Crippen molar-refractivity contribution in [2.75, 3.05) is 12.4 Å². The van der Waals surface area contributed by atoms with Crippen molar-refractivity contribution in [1.82, 2.24) is 10.1 Å². The lowest BCUT2D eigenvalue weighted by molar-refractivity contribution is -0.116. The topological polar surface area (TPSA) is 77.2 Å². The molecule has 0 saturated carbocycles. The third kappa shape index (κ3) is 4.47. The van der Waals surface area contributed by atoms with Crippen molar-refractivity contribution in [3.8, 4) is 17.1 Å². The summed E-state index contributed by atoms with van der Waals surface area (Å²) in [6.45, 7) is 2.11. The van der Waals surface area contributed by atoms with E-state index in [-0.39, 0.29) is 12.3 Å². The van der Waals surface area contributed by atoms with E-state index in [1.54, 1.807) is 31.4 Å². The Bertz CT molecular complexity index is 855. The highest BCUT2D eigenvalue weighted by molar-refractivity contribution is 5.90. The van der Waals surface area contributed by atoms with Gasteiger partial charge in [-0.1, -0.05) is 36.3 Å². The Hall–Kier alpha value is -3.15. The van der Waals surface area contributed by atoms with E-state index in [1.165, 1.54) is 5.56 Å². The highest BCUT2D eigenvalue weighted by Gasteiger charge is 2.11. The van der Waals surface area contributed by atoms with Crippen LogP contribution < -0.4 is 10.1 Å². The van der Waals surface area contributed by atoms with Gasteiger partial charge in [-0.25, -0.2) is 0 Å². The van der Waals surface area contributed by atoms with Gasteiger partial charge in [-0.15, -0.1) is 0 Å². The molecule has 0 radical (unpaired) electrons. The second kappa shape index (κ2) is 8.29. The van der Waals surface area contributed by atoms with Gasteiger partial charge in [0.2, 0.25) is 17.6 Å². The number of aryl methyl sites for hydroxylation is 2. The number of aromatic nitrogens is 2. The molecule has 134 valence electrons. The first-order chi connectivity index (χ1) is 12.7. The Kier molecular flexibility index (Phi) is 5.63. The van der Waals surface area contributed by atoms with Crippen molar-refractivity contribution in [3.05, 3.63) is 60.0 Å². The first-order valence-electron chi connectivity index (χ1n) is 8.53. The molecular weight excluding hydrogens is 330 g/mol. The van der Waals surface area contributed by atoms with E-state index >= 15 is 0 Å². The first kappa shape index (κ1) is 17.7. The summed E-state index contributed by atoms with van der Waals surface area (Å²) in [4.78, 5) is 16.4. The van der Waals surface area contributed by atoms with Crippen molar-refractivity contribution >= 4 is 11.6 Å². The Balaban J connectivity index is 1.54. The minimum Gasteiger partial charge on any atom is -0.497 e. The summed E-state index contributed by atoms with van der Waals surface area (Å²) < 4.78 is 10.3. The lowest BCUT2D eigenvalue weighted by atomic mass is 10.1. The molecule has 0 unspecified atom stereocenters. The quantitative estimate of drug-likeness (QED) is 0.699. The van der Waals surface area contributed by atoms with Gasteiger partial charge in [0.05, 0.1) is 7.11 Å². The minimum atomic E-state index is -0.109. The number of carbonyl (C=O) groups is 1. The number of anilines is 1. The second-order valence-corrected chi connectivity index (χ2v) is 5.84. The summed E-state index contributed by atoms with van der Waals surface area (Å²) in [5.74, 6) is 1.62. The largest absolute Gasteiger partial charge is 0.497 e. The molecule has 0 aliphatic carbocycles. The maximum absolute atomic E-state index is 12.1. The predicted molar refractivity (Wildman–Crippen MR) is 99.1 cm³/mol. The molecule has 1 aromatic heterocycles. The van der Waals surface area contributed by atoms with Crippen molar-refractivity contribution in [2.45, 2.75) is 26.2 Å². The molecule has 0 aliphatic heterocycles. The zero-order chi connectivity index (χ0) is 18.4. The molecule has 0 aliphatic rings. The van der Waals surface area contributed by atoms with Crippen LogP contribution in [-0.4, -0.2) is 23.2 Å². The summed E-state index contributed by atoms with van der Waals surface area (Å²) in [5.41, 5.74) is 2.88. The van der Waals surface area contributed by atoms with Crippen molar-refractivity contribution in [3.63, 3.8) is 0 Å². The van der Waals surface area contributed by atoms with Crippen molar-refractivity contribution in [1.29, 1.82) is 0 Å². The van der Waals surface area contributed by atoms with Crippen LogP contribution >= 0.6 is 0 Å². The summed E-state index contributed by atoms with van der Waals surface area (Å²) in [7, 11) is 1.60. The number of hydrogen-bond donors (Lipinski definition) is 1. The maximum Gasteiger partial charge on any atom is 0.227 e. The number of nitrogens with one attached hydrogen (secondary N) is 1. The summed E-state index contributed by atoms with van der Waals surface area (Å²) in [5, 5.41) is 6.82. The van der Waals surface area contributed by atoms with Crippen LogP contribution in [0.15, 0.2) is 53.1 Å². The van der Waals surface area contributed by atoms with Crippen molar-refractivity contribution < 1.29 is 14.1 Å². The molecule has 0 saturated heterocycles. The molecular formula is C20H21N3O3. The van der Waals surface area contributed by atoms with Gasteiger partial charge in [-0.05, 0) is 36.2 Å². The van der Waals surface area contributed by atoms with E-state index in [4.69, 9.17) is 9.26 Å². The van der Waals surface area contributed by atoms with Gasteiger partial charge < -0.3 is 14.6 Å². The molecule has 6 nitrogen and oxygen atoms in total. The van der Waals surface area contributed by atoms with Gasteiger partial charge in [-0.2, -0.15) is 4.98 Å². The van der Waals surface area contributed by atoms with Gasteiger partial charge in [0, 0.05) is 24.1 Å². The minimum absolute atomic E-state index is 0.109. The van der Waals surface area contributed by atoms with Crippen LogP contribution in [0.3, 0.4) is 0 Å². The monoisotopic (exact) mass is 351 g/mol. The number of amides is 1. The third-order valence-electron chi connectivity index (χ3n) is 4.03. The number of benzene rings is 2. The molecule has 3 rings (SSSR count). The zero-order valence-corrected chi connectivity index (χ0v) is 14.9. The fourth-order valence-corrected chi connectivity index (χ4v) is 2.48. The number of nitrogens with zero attached hydrogens (tertiary/aromatic N) is 2. The van der Waals surface area contributed by atoms with Crippen molar-refractivity contribution in [2.24, 2.45) is 0 Å². The van der Waals surface area contributed by atoms with Gasteiger partial charge in [-0.3, -0.25) is 4.79 Å². The first-order valence-corrected chi connectivity index (χ1v) is 8.53. The average Bonchev–Trinajstić information content (AvgIpc) is 3.16. The normalized spacial score (nSPS) is 10.5. The third-order valence-corrected chi connectivity index (χ3v) is 4.03. The number of hydrogen-bond acceptors (Lipinski definition) is 5. The maximum atomic E-state index is 12.1. The highest BCUT2D eigenvalue weighted by atomic mass is 16.5. The highest BCUT2D eigenvalue weighted by Crippen LogP contribution is 2.18. The van der Waals surface area contributed by atoms with Crippen LogP contribution in [0.5, 0.6) is 5.75 Å². The number of ether oxygens (including phenoxy) is 1. The smallest absolute Gasteiger partial charge is 0.227 e. The Morgan fingerprint density at radius 2 is 1.85 bits per heavy atom. The summed E-state index contributed by atoms with van der Waals surface area (Å²) >= 11 is 0. The molecule has 6 heteroatoms. The number of methoxy groups -OCH3 is 1. The molecule has 0 fully saturated rings. The zero-order valence-electron chi connectivity index (χ0n) is 14.9. The van der Waals surface area contributed by atoms with E-state index in [0.29, 0.717) is 18.1 Å². The Morgan fingerprint density at radius 3 is 2.50 bits per heavy atom. The fraction of sp³-hybridized carbons (Fsp3) is 0.250. The van der Waals surface area contributed by atoms with Crippen LogP contribution in [0.2, 0.25) is 0 Å². The van der Waals surface area contributed by atoms with Crippen LogP contribution in [0.25, 0.3) is 11.4 Å². The standard InChI is InChI=1S/C20H21N3O3/c1-3-14-4-6-15(7-5-14)20-22-19(26-23-20)13-12-18(24)21-16-8-10-17(25-2)11-9-16/h4-11H,3,12-13H2,1-2H3,(H,21,24). The molecule has 26 heavy (non-hydrogen) atoms. The molecule has 3 aromatic rings. The predicted octanol–water partition coefficient (Wildman–Crippen LogP) is 3.88. The molecule has 1 heterocycles. The average molecular weight is 351 g/mol. The molecule has 0 bridgehead atoms. The van der Waals surface area contributed by atoms with E-state index in [0.717, 1.165) is 23.4 Å². The van der Waals surface area contributed by atoms with Crippen LogP contribution in [0.4, 0.5) is 5.69 Å². The molecule has 1 amide bonds. The number of carbonyl (C=O) groups excluding carboxylic acids is 1. The lowest BCUT2D eigenvalue weighted by Crippen LogP contribution is -2.12. The van der Waals surface area contributed by atoms with E-state index in [2.05, 4.69) is 22.4 Å². The van der Waals surface area contributed by atoms with Gasteiger partial charge in [0.15, 0.2) is 0 Å². The van der Waals surface area contributed by atoms with E-state index in [1.807, 2.05) is 24.3 Å². The molecule has 2 aromatic carbocycles. The SMILES string of the molecule is CCc1ccc(-c2noc(CCC(=O)Nc3ccc(OC)cc3)n2)cc1. The van der Waals surface area contributed by atoms with Crippen LogP contribution in [-0.2, 0) is 17.6 Å². The lowest BCUT2D eigenvalue weighted by Gasteiger charge is -2.05. The molecule has 0 atom stereocenters. The summed E-state index contributed by atoms with van der Waals surface area (Å²) in [6.07, 6.45) is 1.64. The van der Waals surface area contributed by atoms with Gasteiger partial charge in [0.1, 0.15) is 5.75 Å². The second-order valence-electron chi connectivity index (χ2n) is 5.84. The van der Waals surface area contributed by atoms with Gasteiger partial charge >= 0.3 is 0 Å². The molecule has 1 N–H and O–H groups in total. The van der Waals surface area contributed by atoms with E-state index < -0.39 is 0 Å². The van der Waals surface area contributed by atoms with Crippen LogP contribution in [0.1, 0.15) is 24.8 Å². The summed E-state index contributed by atoms with van der Waals surface area (Å²) in [6, 6.07) is 15.2. The number of rotatable bonds is 7. The Labute approximate surface area is 152 Å². The van der Waals surface area contributed by atoms with E-state index in [9.17, 15) is 4.79 Å². The Morgan fingerprint density at radius 1 is 1.12 bits per heavy atom. The van der Waals surface area contributed by atoms with Crippen LogP contribution in [0, 0.1) is 0 Å².